The first-order valence-corrected chi connectivity index (χ1v) is 8.85. The van der Waals surface area contributed by atoms with Crippen molar-refractivity contribution >= 4 is 5.91 Å². The van der Waals surface area contributed by atoms with Crippen LogP contribution in [-0.4, -0.2) is 26.9 Å². The molecule has 2 aromatic rings. The third-order valence-corrected chi connectivity index (χ3v) is 4.92. The summed E-state index contributed by atoms with van der Waals surface area (Å²) >= 11 is 0. The highest BCUT2D eigenvalue weighted by Gasteiger charge is 2.23. The van der Waals surface area contributed by atoms with Crippen LogP contribution in [0.3, 0.4) is 0 Å². The van der Waals surface area contributed by atoms with Gasteiger partial charge in [-0.15, -0.1) is 0 Å². The number of hydrogen-bond acceptors (Lipinski definition) is 4. The van der Waals surface area contributed by atoms with Gasteiger partial charge in [0.25, 0.3) is 5.56 Å². The Labute approximate surface area is 147 Å². The largest absolute Gasteiger partial charge is 0.353 e. The topological polar surface area (TPSA) is 87.7 Å². The molecule has 2 atom stereocenters. The third kappa shape index (κ3) is 4.13. The summed E-state index contributed by atoms with van der Waals surface area (Å²) in [6.45, 7) is 3.93. The first-order valence-electron chi connectivity index (χ1n) is 8.85. The van der Waals surface area contributed by atoms with Crippen molar-refractivity contribution in [1.82, 2.24) is 20.3 Å². The van der Waals surface area contributed by atoms with E-state index in [9.17, 15) is 9.59 Å². The van der Waals surface area contributed by atoms with Crippen LogP contribution in [0.2, 0.25) is 0 Å². The maximum Gasteiger partial charge on any atom is 0.255 e. The molecule has 3 rings (SSSR count). The van der Waals surface area contributed by atoms with Gasteiger partial charge in [0, 0.05) is 23.5 Å². The van der Waals surface area contributed by atoms with Gasteiger partial charge in [0.2, 0.25) is 5.91 Å². The van der Waals surface area contributed by atoms with Crippen molar-refractivity contribution < 1.29 is 4.79 Å². The van der Waals surface area contributed by atoms with Crippen molar-refractivity contribution in [2.45, 2.75) is 52.0 Å². The van der Waals surface area contributed by atoms with Gasteiger partial charge in [-0.2, -0.15) is 0 Å². The fourth-order valence-corrected chi connectivity index (χ4v) is 3.39. The first kappa shape index (κ1) is 17.3. The van der Waals surface area contributed by atoms with Crippen LogP contribution in [0.25, 0.3) is 11.5 Å². The lowest BCUT2D eigenvalue weighted by atomic mass is 9.86. The molecule has 132 valence electrons. The number of aromatic amines is 1. The van der Waals surface area contributed by atoms with Crippen LogP contribution in [0.15, 0.2) is 29.2 Å². The second-order valence-corrected chi connectivity index (χ2v) is 6.81. The summed E-state index contributed by atoms with van der Waals surface area (Å²) in [4.78, 5) is 36.2. The Hall–Kier alpha value is -2.50. The van der Waals surface area contributed by atoms with Crippen LogP contribution in [0.4, 0.5) is 0 Å². The molecule has 1 fully saturated rings. The predicted molar refractivity (Wildman–Crippen MR) is 96.1 cm³/mol. The van der Waals surface area contributed by atoms with Crippen LogP contribution in [0, 0.1) is 12.8 Å². The van der Waals surface area contributed by atoms with Gasteiger partial charge in [-0.05, 0) is 37.8 Å². The molecule has 0 radical (unpaired) electrons. The number of nitrogens with one attached hydrogen (secondary N) is 2. The molecule has 0 unspecified atom stereocenters. The van der Waals surface area contributed by atoms with E-state index in [1.54, 1.807) is 25.3 Å². The highest BCUT2D eigenvalue weighted by Crippen LogP contribution is 2.23. The monoisotopic (exact) mass is 340 g/mol. The zero-order valence-corrected chi connectivity index (χ0v) is 14.7. The lowest BCUT2D eigenvalue weighted by Crippen LogP contribution is -2.42. The summed E-state index contributed by atoms with van der Waals surface area (Å²) < 4.78 is 0. The first-order chi connectivity index (χ1) is 12.0. The van der Waals surface area contributed by atoms with Crippen molar-refractivity contribution in [3.63, 3.8) is 0 Å². The predicted octanol–water partition coefficient (Wildman–Crippen LogP) is 2.38. The Bertz CT molecular complexity index is 801. The SMILES string of the molecule is Cc1nc(-c2ccccn2)[nH]c(=O)c1CC(=O)N[C@H]1CCCC[C@H]1C. The van der Waals surface area contributed by atoms with E-state index in [0.717, 1.165) is 19.3 Å². The van der Waals surface area contributed by atoms with Crippen molar-refractivity contribution in [2.75, 3.05) is 0 Å². The summed E-state index contributed by atoms with van der Waals surface area (Å²) in [5.74, 6) is 0.801. The quantitative estimate of drug-likeness (QED) is 0.894. The summed E-state index contributed by atoms with van der Waals surface area (Å²) in [6.07, 6.45) is 6.24. The van der Waals surface area contributed by atoms with E-state index in [1.165, 1.54) is 6.42 Å². The van der Waals surface area contributed by atoms with E-state index in [-0.39, 0.29) is 23.9 Å². The van der Waals surface area contributed by atoms with Gasteiger partial charge in [-0.25, -0.2) is 4.98 Å². The van der Waals surface area contributed by atoms with Crippen LogP contribution >= 0.6 is 0 Å². The molecule has 1 aliphatic rings. The number of nitrogens with zero attached hydrogens (tertiary/aromatic N) is 2. The molecular formula is C19H24N4O2. The van der Waals surface area contributed by atoms with E-state index in [1.807, 2.05) is 6.07 Å². The molecule has 0 bridgehead atoms. The highest BCUT2D eigenvalue weighted by molar-refractivity contribution is 5.79. The molecule has 6 nitrogen and oxygen atoms in total. The number of rotatable bonds is 4. The zero-order chi connectivity index (χ0) is 17.8. The number of amides is 1. The Balaban J connectivity index is 1.74. The van der Waals surface area contributed by atoms with Crippen LogP contribution in [0.1, 0.15) is 43.9 Å². The maximum absolute atomic E-state index is 12.4. The van der Waals surface area contributed by atoms with E-state index < -0.39 is 0 Å². The lowest BCUT2D eigenvalue weighted by Gasteiger charge is -2.29. The van der Waals surface area contributed by atoms with Gasteiger partial charge in [-0.3, -0.25) is 14.6 Å². The minimum Gasteiger partial charge on any atom is -0.353 e. The molecule has 0 aliphatic heterocycles. The van der Waals surface area contributed by atoms with Gasteiger partial charge in [0.15, 0.2) is 5.82 Å². The van der Waals surface area contributed by atoms with Gasteiger partial charge >= 0.3 is 0 Å². The molecule has 0 spiro atoms. The Morgan fingerprint density at radius 2 is 2.12 bits per heavy atom. The molecule has 2 heterocycles. The minimum absolute atomic E-state index is 0.0554. The number of pyridine rings is 1. The molecule has 1 aliphatic carbocycles. The molecule has 6 heteroatoms. The van der Waals surface area contributed by atoms with Crippen LogP contribution in [-0.2, 0) is 11.2 Å². The molecule has 1 saturated carbocycles. The third-order valence-electron chi connectivity index (χ3n) is 4.92. The van der Waals surface area contributed by atoms with Crippen molar-refractivity contribution in [1.29, 1.82) is 0 Å². The lowest BCUT2D eigenvalue weighted by molar-refractivity contribution is -0.121. The van der Waals surface area contributed by atoms with Crippen LogP contribution in [0.5, 0.6) is 0 Å². The van der Waals surface area contributed by atoms with Crippen molar-refractivity contribution in [3.8, 4) is 11.5 Å². The van der Waals surface area contributed by atoms with Crippen LogP contribution < -0.4 is 10.9 Å². The summed E-state index contributed by atoms with van der Waals surface area (Å²) in [6, 6.07) is 5.64. The molecule has 0 aromatic carbocycles. The number of hydrogen-bond donors (Lipinski definition) is 2. The fraction of sp³-hybridized carbons (Fsp3) is 0.474. The number of carbonyl (C=O) groups is 1. The average molecular weight is 340 g/mol. The molecule has 2 N–H and O–H groups in total. The Morgan fingerprint density at radius 3 is 2.80 bits per heavy atom. The van der Waals surface area contributed by atoms with E-state index in [2.05, 4.69) is 27.2 Å². The number of aryl methyl sites for hydroxylation is 1. The fourth-order valence-electron chi connectivity index (χ4n) is 3.39. The summed E-state index contributed by atoms with van der Waals surface area (Å²) in [5.41, 5.74) is 1.31. The summed E-state index contributed by atoms with van der Waals surface area (Å²) in [5, 5.41) is 3.09. The Kier molecular flexibility index (Phi) is 5.26. The van der Waals surface area contributed by atoms with Gasteiger partial charge < -0.3 is 10.3 Å². The second-order valence-electron chi connectivity index (χ2n) is 6.81. The number of aromatic nitrogens is 3. The molecule has 25 heavy (non-hydrogen) atoms. The zero-order valence-electron chi connectivity index (χ0n) is 14.7. The van der Waals surface area contributed by atoms with Crippen molar-refractivity contribution in [3.05, 3.63) is 46.0 Å². The van der Waals surface area contributed by atoms with Gasteiger partial charge in [0.1, 0.15) is 5.69 Å². The summed E-state index contributed by atoms with van der Waals surface area (Å²) in [7, 11) is 0. The maximum atomic E-state index is 12.4. The normalized spacial score (nSPS) is 20.2. The molecule has 1 amide bonds. The number of carbonyl (C=O) groups excluding carboxylic acids is 1. The Morgan fingerprint density at radius 1 is 1.32 bits per heavy atom. The molecule has 2 aromatic heterocycles. The van der Waals surface area contributed by atoms with E-state index >= 15 is 0 Å². The van der Waals surface area contributed by atoms with E-state index in [0.29, 0.717) is 28.7 Å². The van der Waals surface area contributed by atoms with Crippen molar-refractivity contribution in [2.24, 2.45) is 5.92 Å². The van der Waals surface area contributed by atoms with Gasteiger partial charge in [-0.1, -0.05) is 25.8 Å². The molecule has 0 saturated heterocycles. The smallest absolute Gasteiger partial charge is 0.255 e. The average Bonchev–Trinajstić information content (AvgIpc) is 2.61. The highest BCUT2D eigenvalue weighted by atomic mass is 16.2. The standard InChI is InChI=1S/C19H24N4O2/c1-12-7-3-4-8-15(12)22-17(24)11-14-13(2)21-18(23-19(14)25)16-9-5-6-10-20-16/h5-6,9-10,12,15H,3-4,7-8,11H2,1-2H3,(H,22,24)(H,21,23,25)/t12-,15+/m1/s1. The number of H-pyrrole nitrogens is 1. The minimum atomic E-state index is -0.278. The van der Waals surface area contributed by atoms with Gasteiger partial charge in [0.05, 0.1) is 6.42 Å². The second kappa shape index (κ2) is 7.59. The molecular weight excluding hydrogens is 316 g/mol. The van der Waals surface area contributed by atoms with E-state index in [4.69, 9.17) is 0 Å².